The van der Waals surface area contributed by atoms with Crippen molar-refractivity contribution >= 4 is 22.4 Å². The maximum atomic E-state index is 12.5. The van der Waals surface area contributed by atoms with Crippen molar-refractivity contribution in [1.29, 1.82) is 0 Å². The Bertz CT molecular complexity index is 619. The van der Waals surface area contributed by atoms with Crippen molar-refractivity contribution in [3.8, 4) is 11.5 Å². The third kappa shape index (κ3) is 6.66. The van der Waals surface area contributed by atoms with E-state index in [2.05, 4.69) is 10.0 Å². The zero-order valence-corrected chi connectivity index (χ0v) is 16.5. The third-order valence-corrected chi connectivity index (χ3v) is 5.53. The molecule has 1 atom stereocenters. The monoisotopic (exact) mass is 392 g/mol. The Morgan fingerprint density at radius 2 is 1.92 bits per heavy atom. The summed E-state index contributed by atoms with van der Waals surface area (Å²) in [6, 6.07) is 4.73. The van der Waals surface area contributed by atoms with Crippen LogP contribution in [-0.4, -0.2) is 41.3 Å². The Balaban J connectivity index is 0.00000312. The highest BCUT2D eigenvalue weighted by atomic mass is 35.5. The molecule has 1 aliphatic rings. The predicted molar refractivity (Wildman–Crippen MR) is 101 cm³/mol. The molecule has 1 fully saturated rings. The van der Waals surface area contributed by atoms with Gasteiger partial charge < -0.3 is 14.8 Å². The van der Waals surface area contributed by atoms with E-state index in [1.54, 1.807) is 12.1 Å². The summed E-state index contributed by atoms with van der Waals surface area (Å²) in [5.41, 5.74) is 0. The molecular weight excluding hydrogens is 364 g/mol. The summed E-state index contributed by atoms with van der Waals surface area (Å²) in [5, 5.41) is 3.35. The zero-order valence-electron chi connectivity index (χ0n) is 14.9. The SMILES string of the molecule is CCOc1ccc(S(=O)(=O)NCCC2CCCNC2)cc1OCC.Cl. The van der Waals surface area contributed by atoms with Gasteiger partial charge >= 0.3 is 0 Å². The first-order chi connectivity index (χ1) is 11.6. The fourth-order valence-corrected chi connectivity index (χ4v) is 3.91. The van der Waals surface area contributed by atoms with E-state index in [9.17, 15) is 8.42 Å². The Kier molecular flexibility index (Phi) is 9.56. The van der Waals surface area contributed by atoms with Gasteiger partial charge in [-0.25, -0.2) is 13.1 Å². The topological polar surface area (TPSA) is 76.7 Å². The first kappa shape index (κ1) is 22.0. The van der Waals surface area contributed by atoms with Crippen LogP contribution in [0.5, 0.6) is 11.5 Å². The molecule has 1 heterocycles. The minimum atomic E-state index is -3.54. The molecule has 1 aromatic rings. The van der Waals surface area contributed by atoms with E-state index in [0.717, 1.165) is 32.4 Å². The molecule has 25 heavy (non-hydrogen) atoms. The van der Waals surface area contributed by atoms with Crippen LogP contribution >= 0.6 is 12.4 Å². The summed E-state index contributed by atoms with van der Waals surface area (Å²) in [6.07, 6.45) is 3.17. The van der Waals surface area contributed by atoms with Gasteiger partial charge in [-0.15, -0.1) is 12.4 Å². The number of benzene rings is 1. The summed E-state index contributed by atoms with van der Waals surface area (Å²) >= 11 is 0. The highest BCUT2D eigenvalue weighted by molar-refractivity contribution is 7.89. The summed E-state index contributed by atoms with van der Waals surface area (Å²) in [5.74, 6) is 1.56. The van der Waals surface area contributed by atoms with Crippen molar-refractivity contribution in [2.24, 2.45) is 5.92 Å². The molecule has 2 N–H and O–H groups in total. The number of ether oxygens (including phenoxy) is 2. The highest BCUT2D eigenvalue weighted by Gasteiger charge is 2.19. The highest BCUT2D eigenvalue weighted by Crippen LogP contribution is 2.30. The van der Waals surface area contributed by atoms with E-state index < -0.39 is 10.0 Å². The number of sulfonamides is 1. The van der Waals surface area contributed by atoms with Gasteiger partial charge in [0, 0.05) is 12.6 Å². The molecule has 6 nitrogen and oxygen atoms in total. The molecule has 0 aliphatic carbocycles. The van der Waals surface area contributed by atoms with Crippen LogP contribution in [0.2, 0.25) is 0 Å². The van der Waals surface area contributed by atoms with E-state index in [-0.39, 0.29) is 17.3 Å². The van der Waals surface area contributed by atoms with E-state index in [1.807, 2.05) is 13.8 Å². The van der Waals surface area contributed by atoms with Crippen LogP contribution in [0, 0.1) is 5.92 Å². The fourth-order valence-electron chi connectivity index (χ4n) is 2.85. The standard InChI is InChI=1S/C17H28N2O4S.ClH/c1-3-22-16-8-7-15(12-17(16)23-4-2)24(20,21)19-11-9-14-6-5-10-18-13-14;/h7-8,12,14,18-19H,3-6,9-11,13H2,1-2H3;1H. The minimum absolute atomic E-state index is 0. The van der Waals surface area contributed by atoms with Gasteiger partial charge in [0.15, 0.2) is 11.5 Å². The lowest BCUT2D eigenvalue weighted by molar-refractivity contribution is 0.287. The molecule has 144 valence electrons. The number of hydrogen-bond donors (Lipinski definition) is 2. The van der Waals surface area contributed by atoms with Crippen molar-refractivity contribution in [2.45, 2.75) is 38.0 Å². The van der Waals surface area contributed by atoms with Crippen LogP contribution in [0.15, 0.2) is 23.1 Å². The quantitative estimate of drug-likeness (QED) is 0.675. The molecule has 0 spiro atoms. The summed E-state index contributed by atoms with van der Waals surface area (Å²) in [4.78, 5) is 0.205. The molecule has 0 saturated carbocycles. The molecular formula is C17H29ClN2O4S. The lowest BCUT2D eigenvalue weighted by atomic mass is 9.96. The smallest absolute Gasteiger partial charge is 0.240 e. The van der Waals surface area contributed by atoms with Gasteiger partial charge in [0.05, 0.1) is 18.1 Å². The molecule has 1 unspecified atom stereocenters. The minimum Gasteiger partial charge on any atom is -0.490 e. The second kappa shape index (κ2) is 10.9. The van der Waals surface area contributed by atoms with Gasteiger partial charge in [0.2, 0.25) is 10.0 Å². The number of piperidine rings is 1. The number of hydrogen-bond acceptors (Lipinski definition) is 5. The molecule has 0 bridgehead atoms. The maximum absolute atomic E-state index is 12.5. The van der Waals surface area contributed by atoms with E-state index in [0.29, 0.717) is 37.2 Å². The van der Waals surface area contributed by atoms with E-state index in [1.165, 1.54) is 6.07 Å². The average Bonchev–Trinajstić information content (AvgIpc) is 2.57. The van der Waals surface area contributed by atoms with Crippen LogP contribution < -0.4 is 19.5 Å². The number of nitrogens with one attached hydrogen (secondary N) is 2. The van der Waals surface area contributed by atoms with Crippen LogP contribution in [-0.2, 0) is 10.0 Å². The first-order valence-electron chi connectivity index (χ1n) is 8.66. The van der Waals surface area contributed by atoms with Gasteiger partial charge in [-0.3, -0.25) is 0 Å². The number of rotatable bonds is 9. The Labute approximate surface area is 157 Å². The second-order valence-corrected chi connectivity index (χ2v) is 7.64. The van der Waals surface area contributed by atoms with Crippen molar-refractivity contribution in [1.82, 2.24) is 10.0 Å². The predicted octanol–water partition coefficient (Wildman–Crippen LogP) is 2.57. The van der Waals surface area contributed by atoms with Gasteiger partial charge in [-0.2, -0.15) is 0 Å². The van der Waals surface area contributed by atoms with Crippen molar-refractivity contribution in [3.05, 3.63) is 18.2 Å². The molecule has 0 amide bonds. The van der Waals surface area contributed by atoms with Crippen molar-refractivity contribution < 1.29 is 17.9 Å². The van der Waals surface area contributed by atoms with Crippen LogP contribution in [0.25, 0.3) is 0 Å². The van der Waals surface area contributed by atoms with Crippen LogP contribution in [0.4, 0.5) is 0 Å². The molecule has 1 saturated heterocycles. The Hall–Kier alpha value is -1.02. The maximum Gasteiger partial charge on any atom is 0.240 e. The second-order valence-electron chi connectivity index (χ2n) is 5.87. The van der Waals surface area contributed by atoms with Gasteiger partial charge in [-0.1, -0.05) is 0 Å². The zero-order chi connectivity index (χ0) is 17.4. The van der Waals surface area contributed by atoms with E-state index in [4.69, 9.17) is 9.47 Å². The Morgan fingerprint density at radius 3 is 2.56 bits per heavy atom. The van der Waals surface area contributed by atoms with Crippen molar-refractivity contribution in [3.63, 3.8) is 0 Å². The fraction of sp³-hybridized carbons (Fsp3) is 0.647. The lowest BCUT2D eigenvalue weighted by Crippen LogP contribution is -2.33. The third-order valence-electron chi connectivity index (χ3n) is 4.07. The lowest BCUT2D eigenvalue weighted by Gasteiger charge is -2.22. The molecule has 0 aromatic heterocycles. The summed E-state index contributed by atoms with van der Waals surface area (Å²) in [6.45, 7) is 7.17. The summed E-state index contributed by atoms with van der Waals surface area (Å²) in [7, 11) is -3.54. The van der Waals surface area contributed by atoms with Gasteiger partial charge in [-0.05, 0) is 64.3 Å². The molecule has 1 aliphatic heterocycles. The van der Waals surface area contributed by atoms with Gasteiger partial charge in [0.1, 0.15) is 0 Å². The van der Waals surface area contributed by atoms with Crippen LogP contribution in [0.1, 0.15) is 33.1 Å². The first-order valence-corrected chi connectivity index (χ1v) is 10.1. The summed E-state index contributed by atoms with van der Waals surface area (Å²) < 4.78 is 38.6. The van der Waals surface area contributed by atoms with Crippen LogP contribution in [0.3, 0.4) is 0 Å². The normalized spacial score (nSPS) is 17.6. The molecule has 8 heteroatoms. The Morgan fingerprint density at radius 1 is 1.20 bits per heavy atom. The van der Waals surface area contributed by atoms with E-state index >= 15 is 0 Å². The average molecular weight is 393 g/mol. The molecule has 1 aromatic carbocycles. The molecule has 0 radical (unpaired) electrons. The van der Waals surface area contributed by atoms with Gasteiger partial charge in [0.25, 0.3) is 0 Å². The largest absolute Gasteiger partial charge is 0.490 e. The number of halogens is 1. The molecule has 2 rings (SSSR count). The van der Waals surface area contributed by atoms with Crippen molar-refractivity contribution in [2.75, 3.05) is 32.8 Å².